The number of carboxylic acids is 1. The zero-order chi connectivity index (χ0) is 12.7. The van der Waals surface area contributed by atoms with Gasteiger partial charge in [0.2, 0.25) is 0 Å². The van der Waals surface area contributed by atoms with Gasteiger partial charge in [-0.2, -0.15) is 0 Å². The van der Waals surface area contributed by atoms with E-state index in [0.29, 0.717) is 18.9 Å². The molecule has 1 rings (SSSR count). The van der Waals surface area contributed by atoms with Crippen molar-refractivity contribution in [1.82, 2.24) is 10.6 Å². The Bertz CT molecular complexity index is 262. The van der Waals surface area contributed by atoms with E-state index in [4.69, 9.17) is 5.11 Å². The van der Waals surface area contributed by atoms with Crippen molar-refractivity contribution in [3.05, 3.63) is 0 Å². The fourth-order valence-corrected chi connectivity index (χ4v) is 2.18. The second-order valence-corrected chi connectivity index (χ2v) is 4.66. The van der Waals surface area contributed by atoms with E-state index in [1.807, 2.05) is 0 Å². The van der Waals surface area contributed by atoms with Crippen molar-refractivity contribution < 1.29 is 14.7 Å². The molecule has 0 aliphatic heterocycles. The van der Waals surface area contributed by atoms with Gasteiger partial charge in [0.25, 0.3) is 0 Å². The maximum Gasteiger partial charge on any atom is 0.326 e. The zero-order valence-electron chi connectivity index (χ0n) is 10.4. The van der Waals surface area contributed by atoms with E-state index in [9.17, 15) is 9.59 Å². The molecule has 0 aromatic heterocycles. The molecule has 1 aliphatic rings. The van der Waals surface area contributed by atoms with Crippen molar-refractivity contribution in [2.45, 2.75) is 51.5 Å². The van der Waals surface area contributed by atoms with Gasteiger partial charge in [-0.3, -0.25) is 0 Å². The Morgan fingerprint density at radius 2 is 1.94 bits per heavy atom. The Hall–Kier alpha value is -1.26. The third-order valence-electron chi connectivity index (χ3n) is 3.29. The van der Waals surface area contributed by atoms with Crippen LogP contribution in [-0.2, 0) is 4.79 Å². The lowest BCUT2D eigenvalue weighted by atomic mass is 9.89. The third kappa shape index (κ3) is 5.06. The van der Waals surface area contributed by atoms with E-state index in [0.717, 1.165) is 12.8 Å². The number of carbonyl (C=O) groups excluding carboxylic acids is 1. The summed E-state index contributed by atoms with van der Waals surface area (Å²) in [4.78, 5) is 22.2. The molecule has 0 radical (unpaired) electrons. The van der Waals surface area contributed by atoms with Gasteiger partial charge in [0, 0.05) is 6.54 Å². The van der Waals surface area contributed by atoms with Gasteiger partial charge in [0.15, 0.2) is 0 Å². The van der Waals surface area contributed by atoms with Crippen LogP contribution in [0.5, 0.6) is 0 Å². The summed E-state index contributed by atoms with van der Waals surface area (Å²) in [5, 5.41) is 14.0. The highest BCUT2D eigenvalue weighted by Gasteiger charge is 2.18. The maximum atomic E-state index is 11.5. The summed E-state index contributed by atoms with van der Waals surface area (Å²) in [6.07, 6.45) is 6.49. The second-order valence-electron chi connectivity index (χ2n) is 4.66. The number of amides is 2. The smallest absolute Gasteiger partial charge is 0.326 e. The average Bonchev–Trinajstić information content (AvgIpc) is 2.34. The first-order chi connectivity index (χ1) is 8.13. The van der Waals surface area contributed by atoms with Crippen molar-refractivity contribution in [3.63, 3.8) is 0 Å². The molecule has 2 amide bonds. The van der Waals surface area contributed by atoms with Gasteiger partial charge in [-0.25, -0.2) is 9.59 Å². The van der Waals surface area contributed by atoms with Gasteiger partial charge in [-0.1, -0.05) is 26.2 Å². The number of nitrogens with one attached hydrogen (secondary N) is 2. The highest BCUT2D eigenvalue weighted by Crippen LogP contribution is 2.22. The van der Waals surface area contributed by atoms with Crippen molar-refractivity contribution in [1.29, 1.82) is 0 Å². The molecule has 98 valence electrons. The molecule has 5 nitrogen and oxygen atoms in total. The Morgan fingerprint density at radius 1 is 1.29 bits per heavy atom. The quantitative estimate of drug-likeness (QED) is 0.687. The van der Waals surface area contributed by atoms with Gasteiger partial charge < -0.3 is 15.7 Å². The largest absolute Gasteiger partial charge is 0.480 e. The lowest BCUT2D eigenvalue weighted by Crippen LogP contribution is -2.46. The van der Waals surface area contributed by atoms with Gasteiger partial charge in [0.1, 0.15) is 6.04 Å². The first-order valence-corrected chi connectivity index (χ1v) is 6.40. The van der Waals surface area contributed by atoms with Crippen LogP contribution in [0.15, 0.2) is 0 Å². The molecule has 5 heteroatoms. The van der Waals surface area contributed by atoms with Crippen LogP contribution in [0.1, 0.15) is 45.4 Å². The summed E-state index contributed by atoms with van der Waals surface area (Å²) in [6, 6.07) is -1.16. The molecule has 0 heterocycles. The third-order valence-corrected chi connectivity index (χ3v) is 3.29. The molecule has 17 heavy (non-hydrogen) atoms. The standard InChI is InChI=1S/C12H22N2O3/c1-2-10(11(15)16)14-12(17)13-8-9-6-4-3-5-7-9/h9-10H,2-8H2,1H3,(H,15,16)(H2,13,14,17). The summed E-state index contributed by atoms with van der Waals surface area (Å²) >= 11 is 0. The van der Waals surface area contributed by atoms with Crippen molar-refractivity contribution in [2.24, 2.45) is 5.92 Å². The molecule has 0 aromatic carbocycles. The van der Waals surface area contributed by atoms with E-state index in [1.54, 1.807) is 6.92 Å². The molecule has 1 atom stereocenters. The van der Waals surface area contributed by atoms with Crippen LogP contribution in [0.4, 0.5) is 4.79 Å². The summed E-state index contributed by atoms with van der Waals surface area (Å²) < 4.78 is 0. The van der Waals surface area contributed by atoms with Gasteiger partial charge >= 0.3 is 12.0 Å². The van der Waals surface area contributed by atoms with Crippen LogP contribution in [0, 0.1) is 5.92 Å². The number of carbonyl (C=O) groups is 2. The molecule has 0 spiro atoms. The minimum absolute atomic E-state index is 0.371. The Morgan fingerprint density at radius 3 is 2.47 bits per heavy atom. The lowest BCUT2D eigenvalue weighted by Gasteiger charge is -2.22. The molecule has 1 fully saturated rings. The molecule has 0 bridgehead atoms. The number of carboxylic acid groups (broad SMARTS) is 1. The SMILES string of the molecule is CCC(NC(=O)NCC1CCCCC1)C(=O)O. The molecule has 1 aliphatic carbocycles. The van der Waals surface area contributed by atoms with E-state index < -0.39 is 12.0 Å². The Kier molecular flexibility index (Phi) is 5.80. The van der Waals surface area contributed by atoms with Crippen molar-refractivity contribution in [3.8, 4) is 0 Å². The summed E-state index contributed by atoms with van der Waals surface area (Å²) in [5.41, 5.74) is 0. The molecule has 0 aromatic rings. The van der Waals surface area contributed by atoms with Crippen LogP contribution in [-0.4, -0.2) is 29.7 Å². The van der Waals surface area contributed by atoms with E-state index in [1.165, 1.54) is 19.3 Å². The molecule has 0 saturated heterocycles. The maximum absolute atomic E-state index is 11.5. The molecular formula is C12H22N2O3. The number of hydrogen-bond acceptors (Lipinski definition) is 2. The highest BCUT2D eigenvalue weighted by atomic mass is 16.4. The van der Waals surface area contributed by atoms with Crippen molar-refractivity contribution in [2.75, 3.05) is 6.54 Å². The van der Waals surface area contributed by atoms with E-state index >= 15 is 0 Å². The van der Waals surface area contributed by atoms with Crippen molar-refractivity contribution >= 4 is 12.0 Å². The molecule has 1 unspecified atom stereocenters. The Balaban J connectivity index is 2.21. The number of urea groups is 1. The van der Waals surface area contributed by atoms with Crippen LogP contribution in [0.2, 0.25) is 0 Å². The molecule has 3 N–H and O–H groups in total. The Labute approximate surface area is 102 Å². The van der Waals surface area contributed by atoms with Crippen LogP contribution in [0.3, 0.4) is 0 Å². The average molecular weight is 242 g/mol. The minimum atomic E-state index is -0.986. The molecular weight excluding hydrogens is 220 g/mol. The van der Waals surface area contributed by atoms with E-state index in [-0.39, 0.29) is 6.03 Å². The fourth-order valence-electron chi connectivity index (χ4n) is 2.18. The summed E-state index contributed by atoms with van der Waals surface area (Å²) in [7, 11) is 0. The predicted molar refractivity (Wildman–Crippen MR) is 64.8 cm³/mol. The fraction of sp³-hybridized carbons (Fsp3) is 0.833. The minimum Gasteiger partial charge on any atom is -0.480 e. The summed E-state index contributed by atoms with van der Waals surface area (Å²) in [6.45, 7) is 2.39. The van der Waals surface area contributed by atoms with Gasteiger partial charge in [-0.15, -0.1) is 0 Å². The summed E-state index contributed by atoms with van der Waals surface area (Å²) in [5.74, 6) is -0.431. The van der Waals surface area contributed by atoms with Crippen LogP contribution in [0.25, 0.3) is 0 Å². The highest BCUT2D eigenvalue weighted by molar-refractivity contribution is 5.82. The predicted octanol–water partition coefficient (Wildman–Crippen LogP) is 1.73. The number of hydrogen-bond donors (Lipinski definition) is 3. The zero-order valence-corrected chi connectivity index (χ0v) is 10.4. The normalized spacial score (nSPS) is 18.4. The first kappa shape index (κ1) is 13.8. The molecule has 1 saturated carbocycles. The van der Waals surface area contributed by atoms with Crippen LogP contribution >= 0.6 is 0 Å². The number of rotatable bonds is 5. The first-order valence-electron chi connectivity index (χ1n) is 6.40. The number of aliphatic carboxylic acids is 1. The van der Waals surface area contributed by atoms with Gasteiger partial charge in [0.05, 0.1) is 0 Å². The topological polar surface area (TPSA) is 78.4 Å². The second kappa shape index (κ2) is 7.14. The lowest BCUT2D eigenvalue weighted by molar-refractivity contribution is -0.139. The van der Waals surface area contributed by atoms with Gasteiger partial charge in [-0.05, 0) is 25.2 Å². The monoisotopic (exact) mass is 242 g/mol. The van der Waals surface area contributed by atoms with Crippen LogP contribution < -0.4 is 10.6 Å². The van der Waals surface area contributed by atoms with E-state index in [2.05, 4.69) is 10.6 Å².